The van der Waals surface area contributed by atoms with E-state index < -0.39 is 0 Å². The second kappa shape index (κ2) is 11.5. The molecule has 0 aliphatic heterocycles. The van der Waals surface area contributed by atoms with Crippen LogP contribution in [0.25, 0.3) is 6.08 Å². The molecule has 0 bridgehead atoms. The normalized spacial score (nSPS) is 11.0. The molecule has 0 radical (unpaired) electrons. The fraction of sp³-hybridized carbons (Fsp3) is 0.438. The topological polar surface area (TPSA) is 40.0 Å². The van der Waals surface area contributed by atoms with Crippen molar-refractivity contribution in [2.75, 3.05) is 38.9 Å². The first-order valence-electron chi connectivity index (χ1n) is 7.00. The molecule has 0 aliphatic carbocycles. The molecule has 0 unspecified atom stereocenters. The van der Waals surface area contributed by atoms with E-state index >= 15 is 0 Å². The molecule has 0 aliphatic rings. The molecule has 6 heteroatoms. The third-order valence-corrected chi connectivity index (χ3v) is 3.18. The lowest BCUT2D eigenvalue weighted by molar-refractivity contribution is 0.0411. The molecule has 0 atom stereocenters. The van der Waals surface area contributed by atoms with Crippen LogP contribution in [-0.4, -0.2) is 45.6 Å². The molecule has 0 spiro atoms. The summed E-state index contributed by atoms with van der Waals surface area (Å²) in [6, 6.07) is 3.56. The molecule has 0 fully saturated rings. The molecular formula is C16H21Cl2NO3. The van der Waals surface area contributed by atoms with E-state index in [1.807, 2.05) is 19.1 Å². The van der Waals surface area contributed by atoms with Crippen molar-refractivity contribution in [2.24, 2.45) is 4.99 Å². The molecule has 0 amide bonds. The summed E-state index contributed by atoms with van der Waals surface area (Å²) in [6.07, 6.45) is 3.77. The number of halogens is 2. The van der Waals surface area contributed by atoms with Gasteiger partial charge in [0.15, 0.2) is 0 Å². The van der Waals surface area contributed by atoms with Gasteiger partial charge in [-0.15, -0.1) is 11.6 Å². The Labute approximate surface area is 141 Å². The second-order valence-corrected chi connectivity index (χ2v) is 5.01. The standard InChI is InChI=1S/C16H21Cl2NO3/c1-3-4-13-14(18)5-6-15(16(13)19-2)22-12-11-21-10-9-20-8-7-17/h3-6H,2,7-12H2,1H3/b4-3-. The van der Waals surface area contributed by atoms with Crippen LogP contribution in [0.5, 0.6) is 5.75 Å². The molecule has 1 rings (SSSR count). The molecule has 4 nitrogen and oxygen atoms in total. The van der Waals surface area contributed by atoms with Crippen molar-refractivity contribution < 1.29 is 14.2 Å². The molecule has 1 aromatic carbocycles. The van der Waals surface area contributed by atoms with Crippen LogP contribution in [0.3, 0.4) is 0 Å². The van der Waals surface area contributed by atoms with Gasteiger partial charge in [0.25, 0.3) is 0 Å². The Kier molecular flexibility index (Phi) is 9.91. The number of hydrogen-bond donors (Lipinski definition) is 0. The highest BCUT2D eigenvalue weighted by Crippen LogP contribution is 2.36. The maximum Gasteiger partial charge on any atom is 0.145 e. The zero-order valence-corrected chi connectivity index (χ0v) is 14.2. The van der Waals surface area contributed by atoms with Crippen molar-refractivity contribution >= 4 is 41.7 Å². The monoisotopic (exact) mass is 345 g/mol. The lowest BCUT2D eigenvalue weighted by Crippen LogP contribution is -2.11. The summed E-state index contributed by atoms with van der Waals surface area (Å²) in [7, 11) is 0. The Hall–Kier alpha value is -1.07. The highest BCUT2D eigenvalue weighted by atomic mass is 35.5. The average molecular weight is 346 g/mol. The first-order valence-corrected chi connectivity index (χ1v) is 7.92. The quantitative estimate of drug-likeness (QED) is 0.340. The van der Waals surface area contributed by atoms with Crippen LogP contribution in [0.1, 0.15) is 12.5 Å². The third-order valence-electron chi connectivity index (χ3n) is 2.70. The summed E-state index contributed by atoms with van der Waals surface area (Å²) in [6.45, 7) is 7.94. The van der Waals surface area contributed by atoms with Crippen LogP contribution >= 0.6 is 23.2 Å². The van der Waals surface area contributed by atoms with E-state index in [0.29, 0.717) is 55.4 Å². The van der Waals surface area contributed by atoms with Gasteiger partial charge in [0.2, 0.25) is 0 Å². The van der Waals surface area contributed by atoms with Crippen LogP contribution in [-0.2, 0) is 9.47 Å². The van der Waals surface area contributed by atoms with Crippen molar-refractivity contribution in [3.8, 4) is 5.75 Å². The SMILES string of the molecule is C=Nc1c(OCCOCCOCCCl)ccc(Cl)c1/C=C\C. The van der Waals surface area contributed by atoms with Crippen molar-refractivity contribution in [2.45, 2.75) is 6.92 Å². The summed E-state index contributed by atoms with van der Waals surface area (Å²) in [5.41, 5.74) is 1.43. The molecular weight excluding hydrogens is 325 g/mol. The van der Waals surface area contributed by atoms with Gasteiger partial charge in [-0.05, 0) is 25.8 Å². The van der Waals surface area contributed by atoms with E-state index in [2.05, 4.69) is 11.7 Å². The predicted octanol–water partition coefficient (Wildman–Crippen LogP) is 4.36. The van der Waals surface area contributed by atoms with Crippen LogP contribution in [0, 0.1) is 0 Å². The lowest BCUT2D eigenvalue weighted by atomic mass is 10.1. The third kappa shape index (κ3) is 6.36. The minimum Gasteiger partial charge on any atom is -0.489 e. The zero-order chi connectivity index (χ0) is 16.2. The number of allylic oxidation sites excluding steroid dienone is 1. The van der Waals surface area contributed by atoms with E-state index in [1.165, 1.54) is 0 Å². The van der Waals surface area contributed by atoms with Gasteiger partial charge in [0.05, 0.1) is 31.5 Å². The fourth-order valence-corrected chi connectivity index (χ4v) is 2.08. The predicted molar refractivity (Wildman–Crippen MR) is 93.2 cm³/mol. The van der Waals surface area contributed by atoms with Gasteiger partial charge in [-0.2, -0.15) is 0 Å². The number of hydrogen-bond acceptors (Lipinski definition) is 4. The fourth-order valence-electron chi connectivity index (χ4n) is 1.76. The van der Waals surface area contributed by atoms with Crippen molar-refractivity contribution in [1.29, 1.82) is 0 Å². The molecule has 0 saturated heterocycles. The Bertz CT molecular complexity index is 493. The van der Waals surface area contributed by atoms with Crippen molar-refractivity contribution in [3.63, 3.8) is 0 Å². The lowest BCUT2D eigenvalue weighted by Gasteiger charge is -2.12. The summed E-state index contributed by atoms with van der Waals surface area (Å²) in [5.74, 6) is 1.13. The van der Waals surface area contributed by atoms with E-state index in [-0.39, 0.29) is 0 Å². The first kappa shape index (κ1) is 19.0. The minimum absolute atomic E-state index is 0.412. The van der Waals surface area contributed by atoms with Gasteiger partial charge in [-0.25, -0.2) is 0 Å². The summed E-state index contributed by atoms with van der Waals surface area (Å²) in [4.78, 5) is 4.01. The van der Waals surface area contributed by atoms with Crippen molar-refractivity contribution in [3.05, 3.63) is 28.8 Å². The zero-order valence-electron chi connectivity index (χ0n) is 12.7. The molecule has 22 heavy (non-hydrogen) atoms. The number of nitrogens with zero attached hydrogens (tertiary/aromatic N) is 1. The average Bonchev–Trinajstić information content (AvgIpc) is 2.53. The molecule has 122 valence electrons. The summed E-state index contributed by atoms with van der Waals surface area (Å²) < 4.78 is 16.3. The van der Waals surface area contributed by atoms with E-state index in [1.54, 1.807) is 12.1 Å². The van der Waals surface area contributed by atoms with Crippen LogP contribution in [0.15, 0.2) is 23.2 Å². The number of alkyl halides is 1. The minimum atomic E-state index is 0.412. The van der Waals surface area contributed by atoms with Crippen LogP contribution in [0.2, 0.25) is 5.02 Å². The number of aliphatic imine (C=N–C) groups is 1. The summed E-state index contributed by atoms with van der Waals surface area (Å²) >= 11 is 11.7. The Morgan fingerprint density at radius 3 is 2.45 bits per heavy atom. The summed E-state index contributed by atoms with van der Waals surface area (Å²) in [5, 5.41) is 0.612. The first-order chi connectivity index (χ1) is 10.7. The highest BCUT2D eigenvalue weighted by molar-refractivity contribution is 6.32. The number of rotatable bonds is 11. The van der Waals surface area contributed by atoms with Crippen LogP contribution < -0.4 is 4.74 Å². The van der Waals surface area contributed by atoms with Crippen molar-refractivity contribution in [1.82, 2.24) is 0 Å². The van der Waals surface area contributed by atoms with Gasteiger partial charge < -0.3 is 14.2 Å². The molecule has 0 heterocycles. The maximum atomic E-state index is 6.16. The smallest absolute Gasteiger partial charge is 0.145 e. The molecule has 0 N–H and O–H groups in total. The van der Waals surface area contributed by atoms with Gasteiger partial charge in [-0.3, -0.25) is 4.99 Å². The number of ether oxygens (including phenoxy) is 3. The van der Waals surface area contributed by atoms with Gasteiger partial charge in [-0.1, -0.05) is 23.8 Å². The number of benzene rings is 1. The Balaban J connectivity index is 2.46. The largest absolute Gasteiger partial charge is 0.489 e. The molecule has 0 aromatic heterocycles. The highest BCUT2D eigenvalue weighted by Gasteiger charge is 2.10. The Morgan fingerprint density at radius 2 is 1.82 bits per heavy atom. The Morgan fingerprint density at radius 1 is 1.14 bits per heavy atom. The van der Waals surface area contributed by atoms with Gasteiger partial charge in [0, 0.05) is 11.4 Å². The second-order valence-electron chi connectivity index (χ2n) is 4.23. The van der Waals surface area contributed by atoms with Gasteiger partial charge >= 0.3 is 0 Å². The van der Waals surface area contributed by atoms with Crippen LogP contribution in [0.4, 0.5) is 5.69 Å². The molecule has 0 saturated carbocycles. The molecule has 1 aromatic rings. The van der Waals surface area contributed by atoms with E-state index in [4.69, 9.17) is 37.4 Å². The van der Waals surface area contributed by atoms with E-state index in [9.17, 15) is 0 Å². The van der Waals surface area contributed by atoms with E-state index in [0.717, 1.165) is 5.56 Å². The van der Waals surface area contributed by atoms with Gasteiger partial charge in [0.1, 0.15) is 18.0 Å². The maximum absolute atomic E-state index is 6.16.